The summed E-state index contributed by atoms with van der Waals surface area (Å²) in [5.74, 6) is -2.89. The molecule has 0 aromatic heterocycles. The van der Waals surface area contributed by atoms with E-state index >= 15 is 0 Å². The van der Waals surface area contributed by atoms with Crippen LogP contribution in [0.4, 0.5) is 0 Å². The number of imide groups is 2. The monoisotopic (exact) mass is 553 g/mol. The van der Waals surface area contributed by atoms with Gasteiger partial charge in [-0.3, -0.25) is 34.2 Å². The normalized spacial score (nSPS) is 16.6. The summed E-state index contributed by atoms with van der Waals surface area (Å²) in [5, 5.41) is 4.80. The molecule has 0 saturated carbocycles. The molecule has 212 valence electrons. The van der Waals surface area contributed by atoms with Crippen LogP contribution in [0.2, 0.25) is 0 Å². The van der Waals surface area contributed by atoms with E-state index < -0.39 is 35.6 Å². The lowest BCUT2D eigenvalue weighted by Crippen LogP contribution is -2.54. The zero-order chi connectivity index (χ0) is 28.3. The molecule has 0 spiro atoms. The molecule has 1 saturated heterocycles. The third-order valence-electron chi connectivity index (χ3n) is 6.21. The van der Waals surface area contributed by atoms with Gasteiger partial charge in [0.2, 0.25) is 11.8 Å². The number of ether oxygens (including phenoxy) is 4. The van der Waals surface area contributed by atoms with Crippen LogP contribution in [0.3, 0.4) is 0 Å². The number of hydrogen-bond acceptors (Lipinski definition) is 9. The minimum atomic E-state index is -1.08. The Bertz CT molecular complexity index is 1230. The van der Waals surface area contributed by atoms with Gasteiger partial charge < -0.3 is 24.3 Å². The van der Waals surface area contributed by atoms with Gasteiger partial charge in [-0.05, 0) is 24.1 Å². The molecule has 0 bridgehead atoms. The van der Waals surface area contributed by atoms with Crippen LogP contribution < -0.4 is 15.4 Å². The molecular weight excluding hydrogens is 522 g/mol. The minimum absolute atomic E-state index is 0.0150. The molecule has 4 rings (SSSR count). The maximum absolute atomic E-state index is 13.1. The molecule has 2 aliphatic rings. The number of rotatable bonds is 15. The number of benzene rings is 2. The number of fused-ring (bicyclic) bond motifs is 1. The highest BCUT2D eigenvalue weighted by molar-refractivity contribution is 6.24. The first-order valence-electron chi connectivity index (χ1n) is 13.0. The van der Waals surface area contributed by atoms with E-state index in [4.69, 9.17) is 18.9 Å². The maximum Gasteiger partial charge on any atom is 0.266 e. The third kappa shape index (κ3) is 7.50. The van der Waals surface area contributed by atoms with Crippen LogP contribution >= 0.6 is 0 Å². The molecule has 1 unspecified atom stereocenters. The van der Waals surface area contributed by atoms with Crippen LogP contribution in [-0.2, 0) is 35.2 Å². The second-order valence-electron chi connectivity index (χ2n) is 9.03. The van der Waals surface area contributed by atoms with E-state index in [1.807, 2.05) is 30.3 Å². The van der Waals surface area contributed by atoms with Crippen molar-refractivity contribution in [1.82, 2.24) is 15.5 Å². The number of carbonyl (C=O) groups excluding carboxylic acids is 5. The van der Waals surface area contributed by atoms with Crippen LogP contribution in [0.15, 0.2) is 48.5 Å². The molecule has 2 N–H and O–H groups in total. The van der Waals surface area contributed by atoms with Crippen molar-refractivity contribution >= 4 is 29.5 Å². The van der Waals surface area contributed by atoms with Crippen molar-refractivity contribution in [3.8, 4) is 5.75 Å². The van der Waals surface area contributed by atoms with Crippen molar-refractivity contribution in [2.24, 2.45) is 0 Å². The fourth-order valence-corrected chi connectivity index (χ4v) is 4.27. The molecule has 2 heterocycles. The molecule has 12 heteroatoms. The summed E-state index contributed by atoms with van der Waals surface area (Å²) in [7, 11) is 0. The zero-order valence-electron chi connectivity index (χ0n) is 21.9. The van der Waals surface area contributed by atoms with E-state index in [1.165, 1.54) is 18.2 Å². The van der Waals surface area contributed by atoms with Gasteiger partial charge in [0.05, 0.1) is 50.8 Å². The maximum atomic E-state index is 13.1. The number of nitrogens with zero attached hydrogens (tertiary/aromatic N) is 1. The fraction of sp³-hybridized carbons (Fsp3) is 0.393. The van der Waals surface area contributed by atoms with E-state index in [-0.39, 0.29) is 49.5 Å². The molecule has 12 nitrogen and oxygen atoms in total. The van der Waals surface area contributed by atoms with Crippen molar-refractivity contribution in [3.05, 3.63) is 65.2 Å². The van der Waals surface area contributed by atoms with E-state index in [0.717, 1.165) is 10.5 Å². The lowest BCUT2D eigenvalue weighted by molar-refractivity contribution is -0.136. The standard InChI is InChI=1S/C28H31N3O9/c32-23-10-9-21(26(34)30-23)31-27(35)20-7-4-8-22(25(20)28(31)36)40-18-24(33)29-11-12-37-13-14-38-15-16-39-17-19-5-2-1-3-6-19/h1-8,21H,9-18H2,(H,29,33)(H,30,32,34). The number of piperidine rings is 1. The van der Waals surface area contributed by atoms with Crippen molar-refractivity contribution in [3.63, 3.8) is 0 Å². The number of hydrogen-bond donors (Lipinski definition) is 2. The first kappa shape index (κ1) is 28.9. The van der Waals surface area contributed by atoms with Gasteiger partial charge in [-0.15, -0.1) is 0 Å². The molecule has 1 atom stereocenters. The summed E-state index contributed by atoms with van der Waals surface area (Å²) < 4.78 is 22.0. The van der Waals surface area contributed by atoms with Crippen LogP contribution in [0.1, 0.15) is 39.1 Å². The summed E-state index contributed by atoms with van der Waals surface area (Å²) in [5.41, 5.74) is 1.16. The van der Waals surface area contributed by atoms with E-state index in [9.17, 15) is 24.0 Å². The average molecular weight is 554 g/mol. The highest BCUT2D eigenvalue weighted by Gasteiger charge is 2.46. The topological polar surface area (TPSA) is 150 Å². The molecule has 40 heavy (non-hydrogen) atoms. The van der Waals surface area contributed by atoms with Crippen LogP contribution in [0.25, 0.3) is 0 Å². The van der Waals surface area contributed by atoms with E-state index in [1.54, 1.807) is 0 Å². The number of nitrogens with one attached hydrogen (secondary N) is 2. The van der Waals surface area contributed by atoms with Gasteiger partial charge in [0, 0.05) is 13.0 Å². The van der Waals surface area contributed by atoms with E-state index in [0.29, 0.717) is 33.0 Å². The first-order chi connectivity index (χ1) is 19.5. The highest BCUT2D eigenvalue weighted by Crippen LogP contribution is 2.33. The molecule has 1 fully saturated rings. The second-order valence-corrected chi connectivity index (χ2v) is 9.03. The quantitative estimate of drug-likeness (QED) is 0.242. The summed E-state index contributed by atoms with van der Waals surface area (Å²) in [6, 6.07) is 13.2. The largest absolute Gasteiger partial charge is 0.483 e. The lowest BCUT2D eigenvalue weighted by Gasteiger charge is -2.27. The average Bonchev–Trinajstić information content (AvgIpc) is 3.21. The summed E-state index contributed by atoms with van der Waals surface area (Å²) in [6.45, 7) is 2.35. The van der Waals surface area contributed by atoms with Crippen molar-refractivity contribution in [2.75, 3.05) is 46.2 Å². The van der Waals surface area contributed by atoms with Gasteiger partial charge in [-0.2, -0.15) is 0 Å². The Morgan fingerprint density at radius 3 is 2.35 bits per heavy atom. The highest BCUT2D eigenvalue weighted by atomic mass is 16.5. The Morgan fingerprint density at radius 2 is 1.60 bits per heavy atom. The van der Waals surface area contributed by atoms with Crippen LogP contribution in [-0.4, -0.2) is 86.7 Å². The summed E-state index contributed by atoms with van der Waals surface area (Å²) in [4.78, 5) is 62.7. The molecule has 2 aromatic carbocycles. The Labute approximate surface area is 230 Å². The zero-order valence-corrected chi connectivity index (χ0v) is 21.9. The summed E-state index contributed by atoms with van der Waals surface area (Å²) in [6.07, 6.45) is 0.0698. The van der Waals surface area contributed by atoms with Gasteiger partial charge in [0.1, 0.15) is 11.8 Å². The van der Waals surface area contributed by atoms with Crippen LogP contribution in [0, 0.1) is 0 Å². The third-order valence-corrected chi connectivity index (χ3v) is 6.21. The predicted octanol–water partition coefficient (Wildman–Crippen LogP) is 0.833. The molecule has 5 amide bonds. The SMILES string of the molecule is O=C(COc1cccc2c1C(=O)N(C1CCC(=O)NC1=O)C2=O)NCCOCCOCCOCc1ccccc1. The van der Waals surface area contributed by atoms with Gasteiger partial charge in [-0.25, -0.2) is 0 Å². The lowest BCUT2D eigenvalue weighted by atomic mass is 10.0. The fourth-order valence-electron chi connectivity index (χ4n) is 4.27. The van der Waals surface area contributed by atoms with Gasteiger partial charge in [-0.1, -0.05) is 36.4 Å². The molecule has 2 aliphatic heterocycles. The Kier molecular flexibility index (Phi) is 10.3. The van der Waals surface area contributed by atoms with E-state index in [2.05, 4.69) is 10.6 Å². The van der Waals surface area contributed by atoms with Crippen LogP contribution in [0.5, 0.6) is 5.75 Å². The van der Waals surface area contributed by atoms with Gasteiger partial charge in [0.25, 0.3) is 17.7 Å². The molecule has 0 radical (unpaired) electrons. The Hall–Kier alpha value is -4.13. The molecular formula is C28H31N3O9. The van der Waals surface area contributed by atoms with Crippen molar-refractivity contribution in [1.29, 1.82) is 0 Å². The molecule has 0 aliphatic carbocycles. The minimum Gasteiger partial charge on any atom is -0.483 e. The van der Waals surface area contributed by atoms with Crippen molar-refractivity contribution < 1.29 is 42.9 Å². The van der Waals surface area contributed by atoms with Gasteiger partial charge in [0.15, 0.2) is 6.61 Å². The number of amides is 5. The number of carbonyl (C=O) groups is 5. The summed E-state index contributed by atoms with van der Waals surface area (Å²) >= 11 is 0. The molecule has 2 aromatic rings. The van der Waals surface area contributed by atoms with Crippen molar-refractivity contribution in [2.45, 2.75) is 25.5 Å². The first-order valence-corrected chi connectivity index (χ1v) is 13.0. The Morgan fingerprint density at radius 1 is 0.875 bits per heavy atom. The second kappa shape index (κ2) is 14.3. The predicted molar refractivity (Wildman–Crippen MR) is 139 cm³/mol. The smallest absolute Gasteiger partial charge is 0.266 e. The Balaban J connectivity index is 1.10. The van der Waals surface area contributed by atoms with Gasteiger partial charge >= 0.3 is 0 Å².